The number of hydrogen-bond acceptors (Lipinski definition) is 2. The summed E-state index contributed by atoms with van der Waals surface area (Å²) in [4.78, 5) is 6.71. The van der Waals surface area contributed by atoms with E-state index in [2.05, 4.69) is 52.8 Å². The summed E-state index contributed by atoms with van der Waals surface area (Å²) < 4.78 is 0. The minimum Gasteiger partial charge on any atom is -0.357 e. The van der Waals surface area contributed by atoms with Gasteiger partial charge in [0.2, 0.25) is 0 Å². The van der Waals surface area contributed by atoms with Crippen LogP contribution < -0.4 is 4.90 Å². The summed E-state index contributed by atoms with van der Waals surface area (Å²) in [5, 5.41) is 0.860. The lowest BCUT2D eigenvalue weighted by Gasteiger charge is -2.27. The van der Waals surface area contributed by atoms with Gasteiger partial charge in [-0.3, -0.25) is 0 Å². The highest BCUT2D eigenvalue weighted by Gasteiger charge is 2.12. The van der Waals surface area contributed by atoms with Crippen LogP contribution in [0.4, 0.5) is 5.82 Å². The first-order valence-electron chi connectivity index (χ1n) is 5.43. The molecule has 0 amide bonds. The van der Waals surface area contributed by atoms with Gasteiger partial charge in [0, 0.05) is 30.2 Å². The number of nitrogens with zero attached hydrogens (tertiary/aromatic N) is 2. The minimum absolute atomic E-state index is 0.544. The van der Waals surface area contributed by atoms with E-state index in [1.165, 1.54) is 18.4 Å². The molecule has 1 aromatic rings. The van der Waals surface area contributed by atoms with Gasteiger partial charge in [-0.05, 0) is 19.4 Å². The van der Waals surface area contributed by atoms with Gasteiger partial charge in [0.1, 0.15) is 5.82 Å². The molecule has 1 rings (SSSR count). The second-order valence-electron chi connectivity index (χ2n) is 3.87. The molecule has 2 nitrogen and oxygen atoms in total. The molecule has 0 spiro atoms. The van der Waals surface area contributed by atoms with Gasteiger partial charge in [-0.15, -0.1) is 0 Å². The number of rotatable bonds is 5. The van der Waals surface area contributed by atoms with E-state index < -0.39 is 0 Å². The number of alkyl halides is 1. The van der Waals surface area contributed by atoms with E-state index in [4.69, 9.17) is 0 Å². The smallest absolute Gasteiger partial charge is 0.132 e. The summed E-state index contributed by atoms with van der Waals surface area (Å²) in [7, 11) is 2.12. The lowest BCUT2D eigenvalue weighted by atomic mass is 10.1. The van der Waals surface area contributed by atoms with Crippen LogP contribution in [0.1, 0.15) is 32.3 Å². The van der Waals surface area contributed by atoms with Crippen molar-refractivity contribution in [2.75, 3.05) is 11.9 Å². The Morgan fingerprint density at radius 1 is 1.53 bits per heavy atom. The lowest BCUT2D eigenvalue weighted by molar-refractivity contribution is 0.610. The number of halogens is 1. The van der Waals surface area contributed by atoms with Gasteiger partial charge in [0.25, 0.3) is 0 Å². The van der Waals surface area contributed by atoms with Gasteiger partial charge >= 0.3 is 0 Å². The normalized spacial score (nSPS) is 12.5. The highest BCUT2D eigenvalue weighted by molar-refractivity contribution is 9.08. The Hall–Kier alpha value is -0.570. The van der Waals surface area contributed by atoms with Crippen LogP contribution in [0.25, 0.3) is 0 Å². The molecule has 84 valence electrons. The average Bonchev–Trinajstić information content (AvgIpc) is 2.28. The zero-order valence-corrected chi connectivity index (χ0v) is 11.3. The Kier molecular flexibility index (Phi) is 5.09. The van der Waals surface area contributed by atoms with E-state index in [-0.39, 0.29) is 0 Å². The molecule has 0 saturated carbocycles. The number of anilines is 1. The Balaban J connectivity index is 2.84. The van der Waals surface area contributed by atoms with E-state index >= 15 is 0 Å². The Morgan fingerprint density at radius 3 is 2.87 bits per heavy atom. The molecule has 1 aromatic heterocycles. The van der Waals surface area contributed by atoms with Crippen LogP contribution in [0, 0.1) is 0 Å². The van der Waals surface area contributed by atoms with Gasteiger partial charge in [-0.25, -0.2) is 4.98 Å². The third kappa shape index (κ3) is 3.20. The van der Waals surface area contributed by atoms with Crippen molar-refractivity contribution in [2.24, 2.45) is 0 Å². The Bertz CT molecular complexity index is 301. The fraction of sp³-hybridized carbons (Fsp3) is 0.583. The van der Waals surface area contributed by atoms with Crippen LogP contribution >= 0.6 is 15.9 Å². The molecule has 1 heterocycles. The summed E-state index contributed by atoms with van der Waals surface area (Å²) in [6.45, 7) is 4.46. The second-order valence-corrected chi connectivity index (χ2v) is 4.43. The molecule has 0 aliphatic carbocycles. The topological polar surface area (TPSA) is 16.1 Å². The average molecular weight is 271 g/mol. The highest BCUT2D eigenvalue weighted by atomic mass is 79.9. The predicted molar refractivity (Wildman–Crippen MR) is 69.6 cm³/mol. The van der Waals surface area contributed by atoms with Crippen LogP contribution in [-0.4, -0.2) is 18.1 Å². The maximum atomic E-state index is 4.45. The molecular formula is C12H19BrN2. The van der Waals surface area contributed by atoms with Crippen LogP contribution in [0.3, 0.4) is 0 Å². The molecule has 15 heavy (non-hydrogen) atoms. The zero-order valence-electron chi connectivity index (χ0n) is 9.70. The number of hydrogen-bond donors (Lipinski definition) is 0. The van der Waals surface area contributed by atoms with Crippen molar-refractivity contribution in [1.29, 1.82) is 0 Å². The van der Waals surface area contributed by atoms with E-state index in [0.29, 0.717) is 6.04 Å². The molecule has 1 atom stereocenters. The largest absolute Gasteiger partial charge is 0.357 e. The molecule has 0 aliphatic rings. The van der Waals surface area contributed by atoms with Crippen molar-refractivity contribution < 1.29 is 0 Å². The first-order chi connectivity index (χ1) is 7.20. The summed E-state index contributed by atoms with van der Waals surface area (Å²) in [5.41, 5.74) is 1.25. The SMILES string of the molecule is CCCC(C)N(C)c1ncccc1CBr. The molecule has 0 aromatic carbocycles. The van der Waals surface area contributed by atoms with Crippen LogP contribution in [0.15, 0.2) is 18.3 Å². The zero-order chi connectivity index (χ0) is 11.3. The quantitative estimate of drug-likeness (QED) is 0.761. The van der Waals surface area contributed by atoms with Crippen molar-refractivity contribution in [1.82, 2.24) is 4.98 Å². The predicted octanol–water partition coefficient (Wildman–Crippen LogP) is 3.60. The molecule has 0 fully saturated rings. The Morgan fingerprint density at radius 2 is 2.27 bits per heavy atom. The highest BCUT2D eigenvalue weighted by Crippen LogP contribution is 2.21. The molecule has 0 bridgehead atoms. The molecule has 0 radical (unpaired) electrons. The standard InChI is InChI=1S/C12H19BrN2/c1-4-6-10(2)15(3)12-11(9-13)7-5-8-14-12/h5,7-8,10H,4,6,9H2,1-3H3. The van der Waals surface area contributed by atoms with Gasteiger partial charge in [-0.2, -0.15) is 0 Å². The molecule has 1 unspecified atom stereocenters. The fourth-order valence-corrected chi connectivity index (χ4v) is 2.11. The third-order valence-corrected chi connectivity index (χ3v) is 3.32. The van der Waals surface area contributed by atoms with Crippen molar-refractivity contribution in [2.45, 2.75) is 38.1 Å². The summed E-state index contributed by atoms with van der Waals surface area (Å²) >= 11 is 3.50. The van der Waals surface area contributed by atoms with Crippen LogP contribution in [0.2, 0.25) is 0 Å². The third-order valence-electron chi connectivity index (χ3n) is 2.71. The second kappa shape index (κ2) is 6.11. The van der Waals surface area contributed by atoms with E-state index in [1.807, 2.05) is 12.3 Å². The lowest BCUT2D eigenvalue weighted by Crippen LogP contribution is -2.30. The monoisotopic (exact) mass is 270 g/mol. The van der Waals surface area contributed by atoms with Gasteiger partial charge < -0.3 is 4.90 Å². The van der Waals surface area contributed by atoms with Crippen LogP contribution in [0.5, 0.6) is 0 Å². The van der Waals surface area contributed by atoms with E-state index in [0.717, 1.165) is 11.1 Å². The molecule has 0 N–H and O–H groups in total. The van der Waals surface area contributed by atoms with Gasteiger partial charge in [0.05, 0.1) is 0 Å². The summed E-state index contributed by atoms with van der Waals surface area (Å²) in [6.07, 6.45) is 4.27. The maximum Gasteiger partial charge on any atom is 0.132 e. The van der Waals surface area contributed by atoms with E-state index in [9.17, 15) is 0 Å². The number of pyridine rings is 1. The molecular weight excluding hydrogens is 252 g/mol. The summed E-state index contributed by atoms with van der Waals surface area (Å²) in [5.74, 6) is 1.09. The van der Waals surface area contributed by atoms with Gasteiger partial charge in [0.15, 0.2) is 0 Å². The van der Waals surface area contributed by atoms with E-state index in [1.54, 1.807) is 0 Å². The fourth-order valence-electron chi connectivity index (χ4n) is 1.67. The van der Waals surface area contributed by atoms with Crippen molar-refractivity contribution >= 4 is 21.7 Å². The van der Waals surface area contributed by atoms with Crippen molar-refractivity contribution in [3.8, 4) is 0 Å². The molecule has 0 aliphatic heterocycles. The summed E-state index contributed by atoms with van der Waals surface area (Å²) in [6, 6.07) is 4.65. The Labute approximate surface area is 101 Å². The maximum absolute atomic E-state index is 4.45. The minimum atomic E-state index is 0.544. The van der Waals surface area contributed by atoms with Crippen LogP contribution in [-0.2, 0) is 5.33 Å². The molecule has 0 saturated heterocycles. The number of aromatic nitrogens is 1. The van der Waals surface area contributed by atoms with Gasteiger partial charge in [-0.1, -0.05) is 35.3 Å². The first-order valence-corrected chi connectivity index (χ1v) is 6.55. The molecule has 3 heteroatoms. The van der Waals surface area contributed by atoms with Crippen molar-refractivity contribution in [3.05, 3.63) is 23.9 Å². The first kappa shape index (κ1) is 12.5. The van der Waals surface area contributed by atoms with Crippen molar-refractivity contribution in [3.63, 3.8) is 0 Å².